The van der Waals surface area contributed by atoms with Crippen molar-refractivity contribution in [3.8, 4) is 0 Å². The summed E-state index contributed by atoms with van der Waals surface area (Å²) in [5.74, 6) is -0.619. The van der Waals surface area contributed by atoms with Gasteiger partial charge in [0, 0.05) is 29.0 Å². The third kappa shape index (κ3) is 9.08. The zero-order chi connectivity index (χ0) is 28.6. The molecule has 7 nitrogen and oxygen atoms in total. The Bertz CT molecular complexity index is 1390. The summed E-state index contributed by atoms with van der Waals surface area (Å²) in [7, 11) is -3.84. The minimum absolute atomic E-state index is 0.0690. The molecule has 208 valence electrons. The van der Waals surface area contributed by atoms with E-state index >= 15 is 0 Å². The van der Waals surface area contributed by atoms with E-state index in [2.05, 4.69) is 21.2 Å². The SMILES string of the molecule is CC(C)CNC(=O)C(Cc1ccccc1)N(Cc1cccc(Cl)c1)C(=O)CN(c1ccccc1Br)S(C)(=O)=O. The minimum atomic E-state index is -3.84. The van der Waals surface area contributed by atoms with Crippen LogP contribution in [0, 0.1) is 5.92 Å². The van der Waals surface area contributed by atoms with E-state index in [9.17, 15) is 18.0 Å². The van der Waals surface area contributed by atoms with Gasteiger partial charge in [0.05, 0.1) is 11.9 Å². The molecule has 2 amide bonds. The molecule has 0 bridgehead atoms. The van der Waals surface area contributed by atoms with Gasteiger partial charge in [-0.25, -0.2) is 8.42 Å². The smallest absolute Gasteiger partial charge is 0.244 e. The first-order valence-electron chi connectivity index (χ1n) is 12.5. The number of rotatable bonds is 12. The van der Waals surface area contributed by atoms with Crippen molar-refractivity contribution in [3.05, 3.63) is 99.5 Å². The number of para-hydroxylation sites is 1. The van der Waals surface area contributed by atoms with E-state index in [0.717, 1.165) is 21.7 Å². The summed E-state index contributed by atoms with van der Waals surface area (Å²) in [6.07, 6.45) is 1.31. The van der Waals surface area contributed by atoms with Crippen molar-refractivity contribution in [1.82, 2.24) is 10.2 Å². The van der Waals surface area contributed by atoms with Gasteiger partial charge in [0.1, 0.15) is 12.6 Å². The first kappa shape index (κ1) is 30.7. The van der Waals surface area contributed by atoms with Crippen LogP contribution in [0.3, 0.4) is 0 Å². The molecule has 0 saturated carbocycles. The summed E-state index contributed by atoms with van der Waals surface area (Å²) < 4.78 is 27.3. The number of sulfonamides is 1. The van der Waals surface area contributed by atoms with Gasteiger partial charge in [0.25, 0.3) is 0 Å². The summed E-state index contributed by atoms with van der Waals surface area (Å²) in [5, 5.41) is 3.46. The topological polar surface area (TPSA) is 86.8 Å². The summed E-state index contributed by atoms with van der Waals surface area (Å²) in [5.41, 5.74) is 1.93. The molecule has 3 aromatic carbocycles. The van der Waals surface area contributed by atoms with E-state index in [4.69, 9.17) is 11.6 Å². The molecule has 0 fully saturated rings. The number of carbonyl (C=O) groups is 2. The Hall–Kier alpha value is -2.88. The second-order valence-electron chi connectivity index (χ2n) is 9.72. The zero-order valence-corrected chi connectivity index (χ0v) is 25.3. The lowest BCUT2D eigenvalue weighted by molar-refractivity contribution is -0.140. The molecular formula is C29H33BrClN3O4S. The second-order valence-corrected chi connectivity index (χ2v) is 12.9. The van der Waals surface area contributed by atoms with Crippen molar-refractivity contribution in [3.63, 3.8) is 0 Å². The Kier molecular flexibility index (Phi) is 11.0. The normalized spacial score (nSPS) is 12.2. The Labute approximate surface area is 244 Å². The molecule has 0 aliphatic carbocycles. The van der Waals surface area contributed by atoms with Gasteiger partial charge in [-0.3, -0.25) is 13.9 Å². The van der Waals surface area contributed by atoms with E-state index < -0.39 is 28.5 Å². The number of carbonyl (C=O) groups excluding carboxylic acids is 2. The highest BCUT2D eigenvalue weighted by atomic mass is 79.9. The molecule has 10 heteroatoms. The summed E-state index contributed by atoms with van der Waals surface area (Å²) in [4.78, 5) is 29.1. The second kappa shape index (κ2) is 14.0. The molecule has 0 saturated heterocycles. The minimum Gasteiger partial charge on any atom is -0.354 e. The molecule has 0 aliphatic rings. The van der Waals surface area contributed by atoms with Gasteiger partial charge < -0.3 is 10.2 Å². The number of halogens is 2. The van der Waals surface area contributed by atoms with Crippen molar-refractivity contribution in [2.45, 2.75) is 32.9 Å². The molecule has 1 unspecified atom stereocenters. The number of nitrogens with one attached hydrogen (secondary N) is 1. The lowest BCUT2D eigenvalue weighted by Gasteiger charge is -2.34. The predicted octanol–water partition coefficient (Wildman–Crippen LogP) is 5.28. The number of benzene rings is 3. The number of anilines is 1. The van der Waals surface area contributed by atoms with Crippen molar-refractivity contribution in [2.75, 3.05) is 23.7 Å². The molecule has 0 aromatic heterocycles. The molecule has 0 aliphatic heterocycles. The van der Waals surface area contributed by atoms with E-state index in [-0.39, 0.29) is 24.8 Å². The molecule has 3 aromatic rings. The van der Waals surface area contributed by atoms with Gasteiger partial charge in [-0.15, -0.1) is 0 Å². The van der Waals surface area contributed by atoms with Crippen LogP contribution < -0.4 is 9.62 Å². The highest BCUT2D eigenvalue weighted by Gasteiger charge is 2.33. The third-order valence-electron chi connectivity index (χ3n) is 6.00. The fraction of sp³-hybridized carbons (Fsp3) is 0.310. The number of nitrogens with zero attached hydrogens (tertiary/aromatic N) is 2. The monoisotopic (exact) mass is 633 g/mol. The van der Waals surface area contributed by atoms with Crippen molar-refractivity contribution < 1.29 is 18.0 Å². The Morgan fingerprint density at radius 2 is 1.59 bits per heavy atom. The molecule has 3 rings (SSSR count). The van der Waals surface area contributed by atoms with Crippen LogP contribution in [-0.2, 0) is 32.6 Å². The fourth-order valence-corrected chi connectivity index (χ4v) is 5.75. The Morgan fingerprint density at radius 3 is 2.21 bits per heavy atom. The van der Waals surface area contributed by atoms with Crippen LogP contribution in [0.15, 0.2) is 83.3 Å². The average molecular weight is 635 g/mol. The molecule has 39 heavy (non-hydrogen) atoms. The van der Waals surface area contributed by atoms with E-state index in [0.29, 0.717) is 21.7 Å². The molecule has 0 radical (unpaired) electrons. The molecular weight excluding hydrogens is 602 g/mol. The van der Waals surface area contributed by atoms with Gasteiger partial charge in [0.15, 0.2) is 0 Å². The van der Waals surface area contributed by atoms with Crippen LogP contribution in [0.5, 0.6) is 0 Å². The van der Waals surface area contributed by atoms with Crippen LogP contribution in [-0.4, -0.2) is 50.5 Å². The first-order chi connectivity index (χ1) is 18.5. The van der Waals surface area contributed by atoms with Crippen LogP contribution in [0.1, 0.15) is 25.0 Å². The van der Waals surface area contributed by atoms with Gasteiger partial charge in [-0.05, 0) is 57.2 Å². The number of hydrogen-bond acceptors (Lipinski definition) is 4. The highest BCUT2D eigenvalue weighted by molar-refractivity contribution is 9.10. The van der Waals surface area contributed by atoms with E-state index in [1.165, 1.54) is 4.90 Å². The number of amides is 2. The highest BCUT2D eigenvalue weighted by Crippen LogP contribution is 2.28. The maximum atomic E-state index is 14.0. The van der Waals surface area contributed by atoms with Crippen molar-refractivity contribution in [1.29, 1.82) is 0 Å². The van der Waals surface area contributed by atoms with Gasteiger partial charge in [-0.2, -0.15) is 0 Å². The third-order valence-corrected chi connectivity index (χ3v) is 8.03. The quantitative estimate of drug-likeness (QED) is 0.294. The van der Waals surface area contributed by atoms with Crippen molar-refractivity contribution >= 4 is 55.1 Å². The van der Waals surface area contributed by atoms with E-state index in [1.54, 1.807) is 42.5 Å². The van der Waals surface area contributed by atoms with Crippen LogP contribution >= 0.6 is 27.5 Å². The largest absolute Gasteiger partial charge is 0.354 e. The van der Waals surface area contributed by atoms with Crippen LogP contribution in [0.4, 0.5) is 5.69 Å². The maximum absolute atomic E-state index is 14.0. The standard InChI is InChI=1S/C29H33BrClN3O4S/c1-21(2)18-32-29(36)27(17-22-10-5-4-6-11-22)33(19-23-12-9-13-24(31)16-23)28(35)20-34(39(3,37)38)26-15-8-7-14-25(26)30/h4-16,21,27H,17-20H2,1-3H3,(H,32,36). The molecule has 0 heterocycles. The average Bonchev–Trinajstić information content (AvgIpc) is 2.88. The predicted molar refractivity (Wildman–Crippen MR) is 160 cm³/mol. The Balaban J connectivity index is 2.05. The lowest BCUT2D eigenvalue weighted by Crippen LogP contribution is -2.53. The fourth-order valence-electron chi connectivity index (χ4n) is 4.06. The lowest BCUT2D eigenvalue weighted by atomic mass is 10.0. The zero-order valence-electron chi connectivity index (χ0n) is 22.2. The van der Waals surface area contributed by atoms with Crippen LogP contribution in [0.25, 0.3) is 0 Å². The van der Waals surface area contributed by atoms with Crippen molar-refractivity contribution in [2.24, 2.45) is 5.92 Å². The molecule has 0 spiro atoms. The first-order valence-corrected chi connectivity index (χ1v) is 15.6. The maximum Gasteiger partial charge on any atom is 0.244 e. The van der Waals surface area contributed by atoms with Gasteiger partial charge in [-0.1, -0.05) is 80.0 Å². The Morgan fingerprint density at radius 1 is 0.949 bits per heavy atom. The van der Waals surface area contributed by atoms with Gasteiger partial charge >= 0.3 is 0 Å². The molecule has 1 atom stereocenters. The summed E-state index contributed by atoms with van der Waals surface area (Å²) in [6.45, 7) is 4.01. The summed E-state index contributed by atoms with van der Waals surface area (Å²) >= 11 is 9.63. The summed E-state index contributed by atoms with van der Waals surface area (Å²) in [6, 6.07) is 22.4. The van der Waals surface area contributed by atoms with E-state index in [1.807, 2.05) is 50.2 Å². The van der Waals surface area contributed by atoms with Crippen LogP contribution in [0.2, 0.25) is 5.02 Å². The molecule has 1 N–H and O–H groups in total. The number of hydrogen-bond donors (Lipinski definition) is 1. The van der Waals surface area contributed by atoms with Gasteiger partial charge in [0.2, 0.25) is 21.8 Å².